The summed E-state index contributed by atoms with van der Waals surface area (Å²) in [6.07, 6.45) is -0.450. The molecule has 1 fully saturated rings. The summed E-state index contributed by atoms with van der Waals surface area (Å²) >= 11 is 0. The Labute approximate surface area is 259 Å². The lowest BCUT2D eigenvalue weighted by atomic mass is 10.0. The van der Waals surface area contributed by atoms with Crippen molar-refractivity contribution in [1.29, 1.82) is 0 Å². The number of ether oxygens (including phenoxy) is 3. The Hall–Kier alpha value is -5.22. The van der Waals surface area contributed by atoms with Gasteiger partial charge in [-0.05, 0) is 70.8 Å². The van der Waals surface area contributed by atoms with Crippen molar-refractivity contribution in [3.63, 3.8) is 0 Å². The number of esters is 1. The molecule has 3 aliphatic heterocycles. The van der Waals surface area contributed by atoms with Gasteiger partial charge in [0.15, 0.2) is 6.61 Å². The van der Waals surface area contributed by atoms with E-state index in [2.05, 4.69) is 15.5 Å². The van der Waals surface area contributed by atoms with Gasteiger partial charge < -0.3 is 24.8 Å². The Bertz CT molecular complexity index is 1730. The molecule has 0 radical (unpaired) electrons. The Morgan fingerprint density at radius 3 is 2.56 bits per heavy atom. The number of carbonyl (C=O) groups excluding carboxylic acids is 3. The Balaban J connectivity index is 1.30. The van der Waals surface area contributed by atoms with E-state index in [4.69, 9.17) is 14.2 Å². The van der Waals surface area contributed by atoms with Crippen LogP contribution in [0, 0.1) is 5.82 Å². The molecule has 0 aromatic heterocycles. The summed E-state index contributed by atoms with van der Waals surface area (Å²) in [4.78, 5) is 40.2. The van der Waals surface area contributed by atoms with Crippen LogP contribution in [0.1, 0.15) is 31.8 Å². The second kappa shape index (κ2) is 13.2. The fraction of sp³-hybridized carbons (Fsp3) is 0.229. The van der Waals surface area contributed by atoms with Crippen LogP contribution in [0.5, 0.6) is 11.5 Å². The van der Waals surface area contributed by atoms with E-state index in [9.17, 15) is 14.4 Å². The van der Waals surface area contributed by atoms with Gasteiger partial charge in [0.05, 0.1) is 24.3 Å². The number of halogens is 1. The molecule has 3 heterocycles. The Morgan fingerprint density at radius 2 is 1.73 bits per heavy atom. The molecule has 0 spiro atoms. The van der Waals surface area contributed by atoms with Crippen LogP contribution in [0.25, 0.3) is 11.1 Å². The molecule has 7 rings (SSSR count). The van der Waals surface area contributed by atoms with Crippen LogP contribution in [0.2, 0.25) is 0 Å². The topological polar surface area (TPSA) is 106 Å². The minimum atomic E-state index is -0.648. The third-order valence-corrected chi connectivity index (χ3v) is 7.86. The molecule has 3 aliphatic rings. The van der Waals surface area contributed by atoms with Crippen molar-refractivity contribution in [1.82, 2.24) is 15.5 Å². The summed E-state index contributed by atoms with van der Waals surface area (Å²) < 4.78 is 32.0. The summed E-state index contributed by atoms with van der Waals surface area (Å²) in [6, 6.07) is 25.5. The number of hydrogen-bond donors (Lipinski definition) is 2. The summed E-state index contributed by atoms with van der Waals surface area (Å²) in [5.74, 6) is -0.839. The number of nitrogens with one attached hydrogen (secondary N) is 2. The van der Waals surface area contributed by atoms with Crippen molar-refractivity contribution >= 4 is 17.8 Å². The molecule has 4 aromatic rings. The van der Waals surface area contributed by atoms with E-state index in [0.29, 0.717) is 54.4 Å². The first kappa shape index (κ1) is 29.8. The van der Waals surface area contributed by atoms with E-state index < -0.39 is 29.8 Å². The first-order valence-corrected chi connectivity index (χ1v) is 14.6. The quantitative estimate of drug-likeness (QED) is 0.333. The molecule has 2 atom stereocenters. The number of nitrogens with zero attached hydrogens (tertiary/aromatic N) is 1. The maximum Gasteiger partial charge on any atom is 0.337 e. The van der Waals surface area contributed by atoms with Crippen LogP contribution in [0.15, 0.2) is 91.0 Å². The number of fused-ring (bicyclic) bond motifs is 7. The number of hydrogen-bond acceptors (Lipinski definition) is 7. The van der Waals surface area contributed by atoms with Crippen LogP contribution >= 0.6 is 0 Å². The van der Waals surface area contributed by atoms with E-state index in [1.54, 1.807) is 42.5 Å². The van der Waals surface area contributed by atoms with Crippen LogP contribution in [0.4, 0.5) is 4.39 Å². The predicted molar refractivity (Wildman–Crippen MR) is 164 cm³/mol. The molecule has 2 amide bonds. The third-order valence-electron chi connectivity index (χ3n) is 7.86. The van der Waals surface area contributed by atoms with Crippen molar-refractivity contribution < 1.29 is 33.0 Å². The highest BCUT2D eigenvalue weighted by atomic mass is 19.1. The van der Waals surface area contributed by atoms with Gasteiger partial charge in [0.2, 0.25) is 0 Å². The molecular formula is C35H32FN3O6. The van der Waals surface area contributed by atoms with Crippen LogP contribution in [-0.4, -0.2) is 61.6 Å². The number of methoxy groups -OCH3 is 1. The van der Waals surface area contributed by atoms with Crippen molar-refractivity contribution in [2.75, 3.05) is 26.8 Å². The standard InChI is InChI=1S/C35H32FN3O6/c1-43-35(42)26-6-2-4-23(14-26)18-39-19-31-32(20-39)45-27-11-8-22(9-12-27)17-37-33(40)21-44-28-7-3-5-24(15-28)25-10-13-30(36)29(16-25)34(41)38-31/h2-16,31-32H,17-21H2,1H3,(H,37,40)(H,38,41)/t31-,32-/m0/s1. The maximum atomic E-state index is 15.1. The second-order valence-electron chi connectivity index (χ2n) is 11.1. The SMILES string of the molecule is COC(=O)c1cccc(CN2C[C@@H]3NC(=O)c4cc(ccc4F)-c4cccc(c4)OCC(=O)NCc4ccc(cc4)O[C@H]3C2)c1. The summed E-state index contributed by atoms with van der Waals surface area (Å²) in [6.45, 7) is 1.55. The molecule has 2 N–H and O–H groups in total. The molecule has 0 aliphatic carbocycles. The maximum absolute atomic E-state index is 15.1. The molecule has 6 bridgehead atoms. The smallest absolute Gasteiger partial charge is 0.337 e. The van der Waals surface area contributed by atoms with Gasteiger partial charge in [-0.15, -0.1) is 0 Å². The molecular weight excluding hydrogens is 577 g/mol. The van der Waals surface area contributed by atoms with Crippen molar-refractivity contribution in [3.05, 3.63) is 119 Å². The van der Waals surface area contributed by atoms with Crippen LogP contribution < -0.4 is 20.1 Å². The summed E-state index contributed by atoms with van der Waals surface area (Å²) in [5, 5.41) is 5.87. The second-order valence-corrected chi connectivity index (χ2v) is 11.1. The van der Waals surface area contributed by atoms with Gasteiger partial charge in [-0.2, -0.15) is 0 Å². The van der Waals surface area contributed by atoms with Gasteiger partial charge >= 0.3 is 5.97 Å². The first-order valence-electron chi connectivity index (χ1n) is 14.6. The van der Waals surface area contributed by atoms with E-state index in [1.165, 1.54) is 19.2 Å². The first-order chi connectivity index (χ1) is 21.8. The lowest BCUT2D eigenvalue weighted by molar-refractivity contribution is -0.123. The monoisotopic (exact) mass is 609 g/mol. The third kappa shape index (κ3) is 7.13. The Kier molecular flexibility index (Phi) is 8.74. The van der Waals surface area contributed by atoms with E-state index >= 15 is 4.39 Å². The average molecular weight is 610 g/mol. The van der Waals surface area contributed by atoms with Crippen molar-refractivity contribution in [2.45, 2.75) is 25.2 Å². The molecule has 0 saturated carbocycles. The lowest BCUT2D eigenvalue weighted by Crippen LogP contribution is -2.45. The van der Waals surface area contributed by atoms with E-state index in [0.717, 1.165) is 11.1 Å². The molecule has 9 nitrogen and oxygen atoms in total. The van der Waals surface area contributed by atoms with Crippen LogP contribution in [-0.2, 0) is 22.6 Å². The van der Waals surface area contributed by atoms with E-state index in [1.807, 2.05) is 36.4 Å². The average Bonchev–Trinajstić information content (AvgIpc) is 3.42. The van der Waals surface area contributed by atoms with Gasteiger partial charge in [0.1, 0.15) is 23.4 Å². The van der Waals surface area contributed by atoms with E-state index in [-0.39, 0.29) is 18.1 Å². The molecule has 230 valence electrons. The highest BCUT2D eigenvalue weighted by Gasteiger charge is 2.36. The van der Waals surface area contributed by atoms with Gasteiger partial charge in [-0.1, -0.05) is 42.5 Å². The van der Waals surface area contributed by atoms with Crippen molar-refractivity contribution in [2.24, 2.45) is 0 Å². The zero-order valence-electron chi connectivity index (χ0n) is 24.6. The zero-order valence-corrected chi connectivity index (χ0v) is 24.6. The molecule has 45 heavy (non-hydrogen) atoms. The number of likely N-dealkylation sites (tertiary alicyclic amines) is 1. The fourth-order valence-corrected chi connectivity index (χ4v) is 5.56. The normalized spacial score (nSPS) is 18.5. The molecule has 4 aromatic carbocycles. The van der Waals surface area contributed by atoms with Gasteiger partial charge in [0.25, 0.3) is 11.8 Å². The van der Waals surface area contributed by atoms with Gasteiger partial charge in [-0.25, -0.2) is 9.18 Å². The fourth-order valence-electron chi connectivity index (χ4n) is 5.56. The number of amides is 2. The summed E-state index contributed by atoms with van der Waals surface area (Å²) in [5.41, 5.74) is 3.46. The number of carbonyl (C=O) groups is 3. The predicted octanol–water partition coefficient (Wildman–Crippen LogP) is 4.35. The minimum absolute atomic E-state index is 0.0973. The summed E-state index contributed by atoms with van der Waals surface area (Å²) in [7, 11) is 1.34. The zero-order chi connectivity index (χ0) is 31.3. The highest BCUT2D eigenvalue weighted by molar-refractivity contribution is 5.96. The lowest BCUT2D eigenvalue weighted by Gasteiger charge is -2.22. The molecule has 1 saturated heterocycles. The largest absolute Gasteiger partial charge is 0.487 e. The highest BCUT2D eigenvalue weighted by Crippen LogP contribution is 2.27. The van der Waals surface area contributed by atoms with Gasteiger partial charge in [0, 0.05) is 26.2 Å². The van der Waals surface area contributed by atoms with Crippen molar-refractivity contribution in [3.8, 4) is 22.6 Å². The number of rotatable bonds is 3. The number of benzene rings is 4. The van der Waals surface area contributed by atoms with Gasteiger partial charge in [-0.3, -0.25) is 14.5 Å². The molecule has 10 heteroatoms. The minimum Gasteiger partial charge on any atom is -0.487 e. The Morgan fingerprint density at radius 1 is 0.933 bits per heavy atom. The van der Waals surface area contributed by atoms with Crippen LogP contribution in [0.3, 0.4) is 0 Å². The molecule has 0 unspecified atom stereocenters.